The first-order valence-electron chi connectivity index (χ1n) is 7.35. The fourth-order valence-corrected chi connectivity index (χ4v) is 2.74. The van der Waals surface area contributed by atoms with Gasteiger partial charge in [0.2, 0.25) is 0 Å². The summed E-state index contributed by atoms with van der Waals surface area (Å²) in [7, 11) is 0. The smallest absolute Gasteiger partial charge is 0.137 e. The minimum atomic E-state index is -0.0765. The van der Waals surface area contributed by atoms with Gasteiger partial charge in [0, 0.05) is 24.6 Å². The Bertz CT molecular complexity index is 476. The van der Waals surface area contributed by atoms with Crippen LogP contribution in [0.2, 0.25) is 5.15 Å². The van der Waals surface area contributed by atoms with Crippen LogP contribution in [0.1, 0.15) is 51.4 Å². The van der Waals surface area contributed by atoms with Gasteiger partial charge in [-0.2, -0.15) is 0 Å². The Morgan fingerprint density at radius 2 is 2.15 bits per heavy atom. The highest BCUT2D eigenvalue weighted by atomic mass is 35.5. The van der Waals surface area contributed by atoms with Gasteiger partial charge < -0.3 is 10.1 Å². The van der Waals surface area contributed by atoms with Crippen molar-refractivity contribution in [2.24, 2.45) is 0 Å². The lowest BCUT2D eigenvalue weighted by Crippen LogP contribution is -2.40. The summed E-state index contributed by atoms with van der Waals surface area (Å²) in [6.07, 6.45) is 3.84. The zero-order chi connectivity index (χ0) is 14.8. The molecule has 1 aliphatic heterocycles. The van der Waals surface area contributed by atoms with Gasteiger partial charge in [-0.1, -0.05) is 18.5 Å². The second kappa shape index (κ2) is 6.27. The van der Waals surface area contributed by atoms with E-state index in [1.807, 2.05) is 6.92 Å². The molecule has 1 aromatic heterocycles. The highest BCUT2D eigenvalue weighted by molar-refractivity contribution is 6.30. The summed E-state index contributed by atoms with van der Waals surface area (Å²) < 4.78 is 5.75. The number of rotatable bonds is 4. The van der Waals surface area contributed by atoms with E-state index in [-0.39, 0.29) is 5.60 Å². The van der Waals surface area contributed by atoms with Crippen molar-refractivity contribution in [3.05, 3.63) is 16.5 Å². The Labute approximate surface area is 126 Å². The van der Waals surface area contributed by atoms with Crippen LogP contribution in [0, 0.1) is 6.92 Å². The monoisotopic (exact) mass is 297 g/mol. The van der Waals surface area contributed by atoms with Crippen molar-refractivity contribution in [2.45, 2.75) is 65.0 Å². The highest BCUT2D eigenvalue weighted by Crippen LogP contribution is 2.28. The maximum absolute atomic E-state index is 6.21. The van der Waals surface area contributed by atoms with Crippen LogP contribution in [0.15, 0.2) is 0 Å². The first-order chi connectivity index (χ1) is 9.41. The lowest BCUT2D eigenvalue weighted by molar-refractivity contribution is -0.0553. The molecule has 0 bridgehead atoms. The molecule has 20 heavy (non-hydrogen) atoms. The zero-order valence-electron chi connectivity index (χ0n) is 12.8. The van der Waals surface area contributed by atoms with E-state index in [1.165, 1.54) is 0 Å². The average Bonchev–Trinajstić information content (AvgIpc) is 2.34. The second-order valence-corrected chi connectivity index (χ2v) is 6.45. The number of halogens is 1. The Morgan fingerprint density at radius 1 is 1.40 bits per heavy atom. The lowest BCUT2D eigenvalue weighted by Gasteiger charge is -2.36. The number of hydrogen-bond acceptors (Lipinski definition) is 4. The van der Waals surface area contributed by atoms with Crippen LogP contribution in [-0.4, -0.2) is 28.2 Å². The number of aryl methyl sites for hydroxylation is 1. The van der Waals surface area contributed by atoms with Crippen LogP contribution in [0.25, 0.3) is 0 Å². The highest BCUT2D eigenvalue weighted by Gasteiger charge is 2.29. The van der Waals surface area contributed by atoms with E-state index in [0.717, 1.165) is 49.5 Å². The number of ether oxygens (including phenoxy) is 1. The fourth-order valence-electron chi connectivity index (χ4n) is 2.56. The summed E-state index contributed by atoms with van der Waals surface area (Å²) in [5.74, 6) is 1.69. The number of anilines is 1. The predicted octanol–water partition coefficient (Wildman–Crippen LogP) is 3.76. The Hall–Kier alpha value is -0.870. The molecular weight excluding hydrogens is 274 g/mol. The Morgan fingerprint density at radius 3 is 2.80 bits per heavy atom. The van der Waals surface area contributed by atoms with Gasteiger partial charge in [-0.15, -0.1) is 0 Å². The minimum Gasteiger partial charge on any atom is -0.375 e. The molecule has 1 saturated heterocycles. The Balaban J connectivity index is 2.15. The summed E-state index contributed by atoms with van der Waals surface area (Å²) in [6, 6.07) is 0.373. The Kier molecular flexibility index (Phi) is 4.86. The number of nitrogens with one attached hydrogen (secondary N) is 1. The number of hydrogen-bond donors (Lipinski definition) is 1. The zero-order valence-corrected chi connectivity index (χ0v) is 13.5. The van der Waals surface area contributed by atoms with Gasteiger partial charge in [-0.05, 0) is 40.0 Å². The van der Waals surface area contributed by atoms with Crippen LogP contribution in [0.4, 0.5) is 5.82 Å². The van der Waals surface area contributed by atoms with Gasteiger partial charge in [0.1, 0.15) is 16.8 Å². The van der Waals surface area contributed by atoms with Crippen molar-refractivity contribution in [2.75, 3.05) is 11.9 Å². The molecule has 1 aromatic rings. The predicted molar refractivity (Wildman–Crippen MR) is 82.4 cm³/mol. The quantitative estimate of drug-likeness (QED) is 0.860. The first-order valence-corrected chi connectivity index (χ1v) is 7.72. The van der Waals surface area contributed by atoms with Crippen molar-refractivity contribution < 1.29 is 4.74 Å². The molecule has 0 spiro atoms. The van der Waals surface area contributed by atoms with Crippen molar-refractivity contribution in [3.63, 3.8) is 0 Å². The normalized spacial score (nSPS) is 21.8. The van der Waals surface area contributed by atoms with Crippen molar-refractivity contribution >= 4 is 17.4 Å². The lowest BCUT2D eigenvalue weighted by atomic mass is 9.94. The molecule has 1 aliphatic rings. The molecule has 1 fully saturated rings. The largest absolute Gasteiger partial charge is 0.375 e. The van der Waals surface area contributed by atoms with Gasteiger partial charge in [0.15, 0.2) is 0 Å². The maximum atomic E-state index is 6.21. The molecule has 0 aromatic carbocycles. The summed E-state index contributed by atoms with van der Waals surface area (Å²) in [4.78, 5) is 8.95. The van der Waals surface area contributed by atoms with Gasteiger partial charge in [0.05, 0.1) is 5.60 Å². The van der Waals surface area contributed by atoms with E-state index in [2.05, 4.69) is 36.1 Å². The minimum absolute atomic E-state index is 0.0765. The molecular formula is C15H24ClN3O. The molecule has 1 atom stereocenters. The molecule has 0 saturated carbocycles. The van der Waals surface area contributed by atoms with E-state index >= 15 is 0 Å². The van der Waals surface area contributed by atoms with Gasteiger partial charge >= 0.3 is 0 Å². The van der Waals surface area contributed by atoms with Crippen LogP contribution < -0.4 is 5.32 Å². The maximum Gasteiger partial charge on any atom is 0.137 e. The molecule has 0 aliphatic carbocycles. The summed E-state index contributed by atoms with van der Waals surface area (Å²) in [6.45, 7) is 9.12. The van der Waals surface area contributed by atoms with Crippen LogP contribution in [-0.2, 0) is 11.2 Å². The molecule has 1 unspecified atom stereocenters. The van der Waals surface area contributed by atoms with Crippen molar-refractivity contribution in [1.29, 1.82) is 0 Å². The van der Waals surface area contributed by atoms with Crippen LogP contribution >= 0.6 is 11.6 Å². The standard InChI is InChI=1S/C15H24ClN3O/c1-5-6-12-18-13(16)10(2)14(19-12)17-11-7-8-20-15(3,4)9-11/h11H,5-9H2,1-4H3,(H,17,18,19). The van der Waals surface area contributed by atoms with Gasteiger partial charge in [-0.25, -0.2) is 9.97 Å². The average molecular weight is 298 g/mol. The van der Waals surface area contributed by atoms with Crippen molar-refractivity contribution in [1.82, 2.24) is 9.97 Å². The summed E-state index contributed by atoms with van der Waals surface area (Å²) >= 11 is 6.21. The van der Waals surface area contributed by atoms with Crippen LogP contribution in [0.5, 0.6) is 0 Å². The number of aromatic nitrogens is 2. The van der Waals surface area contributed by atoms with E-state index in [0.29, 0.717) is 11.2 Å². The topological polar surface area (TPSA) is 47.0 Å². The third kappa shape index (κ3) is 3.83. The molecule has 112 valence electrons. The SMILES string of the molecule is CCCc1nc(Cl)c(C)c(NC2CCOC(C)(C)C2)n1. The van der Waals surface area contributed by atoms with E-state index < -0.39 is 0 Å². The van der Waals surface area contributed by atoms with E-state index in [1.54, 1.807) is 0 Å². The van der Waals surface area contributed by atoms with Gasteiger partial charge in [-0.3, -0.25) is 0 Å². The summed E-state index contributed by atoms with van der Waals surface area (Å²) in [5.41, 5.74) is 0.850. The van der Waals surface area contributed by atoms with Gasteiger partial charge in [0.25, 0.3) is 0 Å². The third-order valence-corrected chi connectivity index (χ3v) is 4.01. The second-order valence-electron chi connectivity index (χ2n) is 6.10. The fraction of sp³-hybridized carbons (Fsp3) is 0.733. The third-order valence-electron chi connectivity index (χ3n) is 3.64. The summed E-state index contributed by atoms with van der Waals surface area (Å²) in [5, 5.41) is 4.08. The molecule has 0 radical (unpaired) electrons. The van der Waals surface area contributed by atoms with E-state index in [9.17, 15) is 0 Å². The molecule has 4 nitrogen and oxygen atoms in total. The molecule has 2 heterocycles. The molecule has 2 rings (SSSR count). The van der Waals surface area contributed by atoms with Crippen molar-refractivity contribution in [3.8, 4) is 0 Å². The number of nitrogens with zero attached hydrogens (tertiary/aromatic N) is 2. The first kappa shape index (κ1) is 15.5. The van der Waals surface area contributed by atoms with E-state index in [4.69, 9.17) is 16.3 Å². The molecule has 5 heteroatoms. The van der Waals surface area contributed by atoms with Crippen LogP contribution in [0.3, 0.4) is 0 Å². The molecule has 1 N–H and O–H groups in total. The molecule has 0 amide bonds.